The van der Waals surface area contributed by atoms with Gasteiger partial charge in [0.2, 0.25) is 5.91 Å². The summed E-state index contributed by atoms with van der Waals surface area (Å²) in [5.41, 5.74) is 7.28. The Morgan fingerprint density at radius 3 is 2.76 bits per heavy atom. The molecule has 2 rings (SSSR count). The number of amides is 1. The van der Waals surface area contributed by atoms with Crippen LogP contribution in [0.4, 0.5) is 0 Å². The fraction of sp³-hybridized carbons (Fsp3) is 0.611. The smallest absolute Gasteiger partial charge is 0.237 e. The second-order valence-electron chi connectivity index (χ2n) is 6.45. The summed E-state index contributed by atoms with van der Waals surface area (Å²) >= 11 is 0. The van der Waals surface area contributed by atoms with E-state index in [0.717, 1.165) is 25.2 Å². The Morgan fingerprint density at radius 2 is 2.00 bits per heavy atom. The third-order valence-corrected chi connectivity index (χ3v) is 4.53. The average Bonchev–Trinajstić information content (AvgIpc) is 2.70. The average molecular weight is 288 g/mol. The molecule has 0 aliphatic heterocycles. The van der Waals surface area contributed by atoms with Crippen LogP contribution in [0.2, 0.25) is 0 Å². The van der Waals surface area contributed by atoms with Crippen LogP contribution < -0.4 is 11.1 Å². The van der Waals surface area contributed by atoms with Gasteiger partial charge in [-0.2, -0.15) is 0 Å². The summed E-state index contributed by atoms with van der Waals surface area (Å²) < 4.78 is 0. The maximum absolute atomic E-state index is 12.2. The molecule has 116 valence electrons. The van der Waals surface area contributed by atoms with Gasteiger partial charge in [0.05, 0.1) is 6.04 Å². The molecule has 2 unspecified atom stereocenters. The summed E-state index contributed by atoms with van der Waals surface area (Å²) in [6.45, 7) is 2.30. The summed E-state index contributed by atoms with van der Waals surface area (Å²) in [5, 5.41) is 3.15. The second-order valence-corrected chi connectivity index (χ2v) is 6.45. The van der Waals surface area contributed by atoms with Crippen molar-refractivity contribution in [1.29, 1.82) is 0 Å². The van der Waals surface area contributed by atoms with Crippen molar-refractivity contribution in [1.82, 2.24) is 5.32 Å². The molecule has 0 radical (unpaired) electrons. The van der Waals surface area contributed by atoms with Crippen LogP contribution in [-0.2, 0) is 11.2 Å². The van der Waals surface area contributed by atoms with Crippen LogP contribution in [0, 0.1) is 5.92 Å². The molecule has 1 aliphatic carbocycles. The van der Waals surface area contributed by atoms with Gasteiger partial charge >= 0.3 is 0 Å². The standard InChI is InChI=1S/C18H28N2O/c1-14-6-5-9-16(12-10-14)20-18(21)17(19)13-11-15-7-3-2-4-8-15/h2-4,7-8,14,16-17H,5-6,9-13,19H2,1H3,(H,20,21)/t14?,16?,17-/m0/s1. The zero-order chi connectivity index (χ0) is 15.1. The molecule has 0 heterocycles. The lowest BCUT2D eigenvalue weighted by molar-refractivity contribution is -0.123. The van der Waals surface area contributed by atoms with Crippen molar-refractivity contribution >= 4 is 5.91 Å². The third kappa shape index (κ3) is 5.50. The van der Waals surface area contributed by atoms with E-state index < -0.39 is 6.04 Å². The Balaban J connectivity index is 1.74. The third-order valence-electron chi connectivity index (χ3n) is 4.53. The van der Waals surface area contributed by atoms with Crippen LogP contribution in [0.3, 0.4) is 0 Å². The maximum atomic E-state index is 12.2. The first-order valence-corrected chi connectivity index (χ1v) is 8.25. The van der Waals surface area contributed by atoms with Crippen molar-refractivity contribution in [3.8, 4) is 0 Å². The SMILES string of the molecule is CC1CCCC(NC(=O)[C@@H](N)CCc2ccccc2)CC1. The Morgan fingerprint density at radius 1 is 1.24 bits per heavy atom. The molecule has 1 aromatic carbocycles. The molecule has 3 nitrogen and oxygen atoms in total. The Bertz CT molecular complexity index is 432. The molecular weight excluding hydrogens is 260 g/mol. The first-order chi connectivity index (χ1) is 10.1. The van der Waals surface area contributed by atoms with Crippen LogP contribution in [0.25, 0.3) is 0 Å². The highest BCUT2D eigenvalue weighted by molar-refractivity contribution is 5.81. The Hall–Kier alpha value is -1.35. The molecule has 0 bridgehead atoms. The molecule has 21 heavy (non-hydrogen) atoms. The highest BCUT2D eigenvalue weighted by Crippen LogP contribution is 2.22. The molecule has 1 saturated carbocycles. The number of hydrogen-bond acceptors (Lipinski definition) is 2. The molecule has 3 atom stereocenters. The number of carbonyl (C=O) groups is 1. The van der Waals surface area contributed by atoms with Crippen molar-refractivity contribution in [3.63, 3.8) is 0 Å². The van der Waals surface area contributed by atoms with Gasteiger partial charge in [0.1, 0.15) is 0 Å². The van der Waals surface area contributed by atoms with E-state index in [0.29, 0.717) is 12.5 Å². The van der Waals surface area contributed by atoms with E-state index in [9.17, 15) is 4.79 Å². The first-order valence-electron chi connectivity index (χ1n) is 8.25. The van der Waals surface area contributed by atoms with Gasteiger partial charge in [-0.15, -0.1) is 0 Å². The molecule has 3 heteroatoms. The van der Waals surface area contributed by atoms with E-state index >= 15 is 0 Å². The topological polar surface area (TPSA) is 55.1 Å². The number of benzene rings is 1. The minimum atomic E-state index is -0.397. The lowest BCUT2D eigenvalue weighted by Crippen LogP contribution is -2.45. The second kappa shape index (κ2) is 8.18. The highest BCUT2D eigenvalue weighted by atomic mass is 16.2. The normalized spacial score (nSPS) is 24.1. The van der Waals surface area contributed by atoms with E-state index in [2.05, 4.69) is 24.4 Å². The zero-order valence-corrected chi connectivity index (χ0v) is 13.1. The fourth-order valence-electron chi connectivity index (χ4n) is 3.04. The highest BCUT2D eigenvalue weighted by Gasteiger charge is 2.20. The van der Waals surface area contributed by atoms with Crippen LogP contribution in [-0.4, -0.2) is 18.0 Å². The van der Waals surface area contributed by atoms with Crippen LogP contribution >= 0.6 is 0 Å². The van der Waals surface area contributed by atoms with E-state index in [1.165, 1.54) is 24.8 Å². The van der Waals surface area contributed by atoms with Crippen molar-refractivity contribution in [3.05, 3.63) is 35.9 Å². The fourth-order valence-corrected chi connectivity index (χ4v) is 3.04. The summed E-state index contributed by atoms with van der Waals surface area (Å²) in [4.78, 5) is 12.2. The van der Waals surface area contributed by atoms with Gasteiger partial charge in [-0.05, 0) is 43.6 Å². The minimum Gasteiger partial charge on any atom is -0.352 e. The van der Waals surface area contributed by atoms with Crippen LogP contribution in [0.15, 0.2) is 30.3 Å². The molecule has 1 aliphatic rings. The van der Waals surface area contributed by atoms with Crippen molar-refractivity contribution in [2.45, 2.75) is 64.0 Å². The number of hydrogen-bond donors (Lipinski definition) is 2. The van der Waals surface area contributed by atoms with E-state index in [-0.39, 0.29) is 5.91 Å². The molecule has 1 amide bonds. The van der Waals surface area contributed by atoms with Crippen molar-refractivity contribution in [2.24, 2.45) is 11.7 Å². The monoisotopic (exact) mass is 288 g/mol. The number of rotatable bonds is 5. The van der Waals surface area contributed by atoms with Gasteiger partial charge in [0, 0.05) is 6.04 Å². The van der Waals surface area contributed by atoms with Gasteiger partial charge < -0.3 is 11.1 Å². The van der Waals surface area contributed by atoms with Crippen molar-refractivity contribution < 1.29 is 4.79 Å². The van der Waals surface area contributed by atoms with Gasteiger partial charge in [0.15, 0.2) is 0 Å². The van der Waals surface area contributed by atoms with E-state index in [1.54, 1.807) is 0 Å². The lowest BCUT2D eigenvalue weighted by atomic mass is 10.0. The first kappa shape index (κ1) is 16.0. The number of nitrogens with two attached hydrogens (primary N) is 1. The number of carbonyl (C=O) groups excluding carboxylic acids is 1. The molecule has 3 N–H and O–H groups in total. The van der Waals surface area contributed by atoms with Crippen molar-refractivity contribution in [2.75, 3.05) is 0 Å². The Kier molecular flexibility index (Phi) is 6.24. The van der Waals surface area contributed by atoms with Gasteiger partial charge in [-0.1, -0.05) is 50.1 Å². The predicted molar refractivity (Wildman–Crippen MR) is 86.9 cm³/mol. The van der Waals surface area contributed by atoms with Crippen LogP contribution in [0.1, 0.15) is 51.0 Å². The summed E-state index contributed by atoms with van der Waals surface area (Å²) in [7, 11) is 0. The summed E-state index contributed by atoms with van der Waals surface area (Å²) in [5.74, 6) is 0.809. The van der Waals surface area contributed by atoms with E-state index in [1.807, 2.05) is 18.2 Å². The molecule has 1 fully saturated rings. The quantitative estimate of drug-likeness (QED) is 0.818. The summed E-state index contributed by atoms with van der Waals surface area (Å²) in [6.07, 6.45) is 7.47. The molecular formula is C18H28N2O. The zero-order valence-electron chi connectivity index (χ0n) is 13.1. The molecule has 0 aromatic heterocycles. The molecule has 1 aromatic rings. The maximum Gasteiger partial charge on any atom is 0.237 e. The summed E-state index contributed by atoms with van der Waals surface area (Å²) in [6, 6.07) is 10.1. The van der Waals surface area contributed by atoms with Crippen LogP contribution in [0.5, 0.6) is 0 Å². The van der Waals surface area contributed by atoms with Gasteiger partial charge in [-0.25, -0.2) is 0 Å². The Labute approximate surface area is 128 Å². The molecule has 0 spiro atoms. The van der Waals surface area contributed by atoms with E-state index in [4.69, 9.17) is 5.73 Å². The largest absolute Gasteiger partial charge is 0.352 e. The minimum absolute atomic E-state index is 0.0190. The molecule has 0 saturated heterocycles. The van der Waals surface area contributed by atoms with Gasteiger partial charge in [0.25, 0.3) is 0 Å². The number of nitrogens with one attached hydrogen (secondary N) is 1. The lowest BCUT2D eigenvalue weighted by Gasteiger charge is -2.19. The predicted octanol–water partition coefficient (Wildman–Crippen LogP) is 3.03. The number of aryl methyl sites for hydroxylation is 1. The van der Waals surface area contributed by atoms with Gasteiger partial charge in [-0.3, -0.25) is 4.79 Å².